The first-order valence-electron chi connectivity index (χ1n) is 5.61. The van der Waals surface area contributed by atoms with Gasteiger partial charge in [0.25, 0.3) is 0 Å². The first kappa shape index (κ1) is 11.6. The number of hydrogen-bond acceptors (Lipinski definition) is 2. The van der Waals surface area contributed by atoms with Crippen LogP contribution in [0, 0.1) is 0 Å². The molecule has 1 aliphatic carbocycles. The van der Waals surface area contributed by atoms with Crippen LogP contribution >= 0.6 is 11.6 Å². The van der Waals surface area contributed by atoms with Gasteiger partial charge in [0.05, 0.1) is 0 Å². The number of rotatable bonds is 3. The van der Waals surface area contributed by atoms with E-state index in [-0.39, 0.29) is 12.2 Å². The number of halogens is 1. The molecule has 0 heterocycles. The first-order chi connectivity index (χ1) is 7.62. The molecule has 1 saturated carbocycles. The van der Waals surface area contributed by atoms with E-state index in [1.165, 1.54) is 0 Å². The van der Waals surface area contributed by atoms with Crippen molar-refractivity contribution < 1.29 is 9.90 Å². The zero-order chi connectivity index (χ0) is 11.6. The van der Waals surface area contributed by atoms with E-state index >= 15 is 0 Å². The van der Waals surface area contributed by atoms with Crippen LogP contribution in [-0.4, -0.2) is 16.5 Å². The van der Waals surface area contributed by atoms with Crippen LogP contribution in [0.2, 0.25) is 5.02 Å². The van der Waals surface area contributed by atoms with E-state index in [0.29, 0.717) is 17.9 Å². The molecule has 2 nitrogen and oxygen atoms in total. The van der Waals surface area contributed by atoms with Gasteiger partial charge < -0.3 is 5.11 Å². The molecule has 1 fully saturated rings. The number of carbonyl (C=O) groups is 1. The van der Waals surface area contributed by atoms with Crippen molar-refractivity contribution in [3.8, 4) is 0 Å². The molecular formula is C13H15ClO2. The molecule has 0 saturated heterocycles. The average molecular weight is 239 g/mol. The van der Waals surface area contributed by atoms with Crippen LogP contribution in [0.4, 0.5) is 0 Å². The summed E-state index contributed by atoms with van der Waals surface area (Å²) >= 11 is 5.99. The molecular weight excluding hydrogens is 224 g/mol. The molecule has 86 valence electrons. The van der Waals surface area contributed by atoms with Gasteiger partial charge in [0, 0.05) is 11.4 Å². The van der Waals surface area contributed by atoms with Crippen LogP contribution in [0.15, 0.2) is 24.3 Å². The maximum Gasteiger partial charge on any atom is 0.168 e. The van der Waals surface area contributed by atoms with Crippen LogP contribution in [0.3, 0.4) is 0 Å². The molecule has 0 spiro atoms. The third-order valence-electron chi connectivity index (χ3n) is 3.26. The molecule has 1 aromatic rings. The third-order valence-corrected chi connectivity index (χ3v) is 3.63. The Bertz CT molecular complexity index is 395. The summed E-state index contributed by atoms with van der Waals surface area (Å²) in [5.41, 5.74) is -0.298. The van der Waals surface area contributed by atoms with Gasteiger partial charge in [-0.15, -0.1) is 0 Å². The molecule has 0 atom stereocenters. The molecule has 0 aliphatic heterocycles. The van der Waals surface area contributed by atoms with Gasteiger partial charge in [-0.25, -0.2) is 0 Å². The summed E-state index contributed by atoms with van der Waals surface area (Å²) in [6.07, 6.45) is 3.29. The van der Waals surface area contributed by atoms with E-state index in [1.807, 2.05) is 18.2 Å². The topological polar surface area (TPSA) is 37.3 Å². The van der Waals surface area contributed by atoms with Gasteiger partial charge >= 0.3 is 0 Å². The third kappa shape index (κ3) is 2.28. The van der Waals surface area contributed by atoms with Crippen LogP contribution in [0.1, 0.15) is 31.2 Å². The highest BCUT2D eigenvalue weighted by Gasteiger charge is 2.38. The van der Waals surface area contributed by atoms with Crippen molar-refractivity contribution in [3.63, 3.8) is 0 Å². The summed E-state index contributed by atoms with van der Waals surface area (Å²) in [5.74, 6) is -0.0990. The Labute approximate surface area is 100 Å². The number of ketones is 1. The van der Waals surface area contributed by atoms with Crippen molar-refractivity contribution in [1.29, 1.82) is 0 Å². The van der Waals surface area contributed by atoms with Gasteiger partial charge in [-0.2, -0.15) is 0 Å². The summed E-state index contributed by atoms with van der Waals surface area (Å²) < 4.78 is 0. The summed E-state index contributed by atoms with van der Waals surface area (Å²) in [6, 6.07) is 7.29. The fraction of sp³-hybridized carbons (Fsp3) is 0.462. The molecule has 0 radical (unpaired) electrons. The zero-order valence-electron chi connectivity index (χ0n) is 9.08. The number of carbonyl (C=O) groups excluding carboxylic acids is 1. The molecule has 16 heavy (non-hydrogen) atoms. The highest BCUT2D eigenvalue weighted by atomic mass is 35.5. The van der Waals surface area contributed by atoms with Crippen molar-refractivity contribution in [3.05, 3.63) is 34.9 Å². The second kappa shape index (κ2) is 4.56. The first-order valence-corrected chi connectivity index (χ1v) is 5.99. The van der Waals surface area contributed by atoms with Gasteiger partial charge in [0.15, 0.2) is 5.78 Å². The van der Waals surface area contributed by atoms with Crippen LogP contribution in [0.25, 0.3) is 0 Å². The Kier molecular flexibility index (Phi) is 3.31. The summed E-state index contributed by atoms with van der Waals surface area (Å²) in [7, 11) is 0. The quantitative estimate of drug-likeness (QED) is 0.879. The van der Waals surface area contributed by atoms with Crippen molar-refractivity contribution in [1.82, 2.24) is 0 Å². The SMILES string of the molecule is O=C(Cc1ccccc1Cl)C1(O)CCCC1. The van der Waals surface area contributed by atoms with Crippen molar-refractivity contribution in [2.45, 2.75) is 37.7 Å². The predicted molar refractivity (Wildman–Crippen MR) is 63.6 cm³/mol. The fourth-order valence-electron chi connectivity index (χ4n) is 2.22. The van der Waals surface area contributed by atoms with Gasteiger partial charge in [-0.1, -0.05) is 29.8 Å². The standard InChI is InChI=1S/C13H15ClO2/c14-11-6-2-1-5-10(11)9-12(15)13(16)7-3-4-8-13/h1-2,5-6,16H,3-4,7-9H2. The number of hydrogen-bond donors (Lipinski definition) is 1. The van der Waals surface area contributed by atoms with E-state index in [2.05, 4.69) is 0 Å². The number of Topliss-reactive ketones (excluding diaryl/α,β-unsaturated/α-hetero) is 1. The Morgan fingerprint density at radius 2 is 1.94 bits per heavy atom. The van der Waals surface area contributed by atoms with Crippen molar-refractivity contribution >= 4 is 17.4 Å². The number of aliphatic hydroxyl groups is 1. The minimum Gasteiger partial charge on any atom is -0.382 e. The second-order valence-corrected chi connectivity index (χ2v) is 4.84. The molecule has 0 aromatic heterocycles. The Hall–Kier alpha value is -0.860. The van der Waals surface area contributed by atoms with Crippen molar-refractivity contribution in [2.75, 3.05) is 0 Å². The molecule has 0 unspecified atom stereocenters. The maximum atomic E-state index is 12.0. The smallest absolute Gasteiger partial charge is 0.168 e. The minimum atomic E-state index is -1.10. The summed E-state index contributed by atoms with van der Waals surface area (Å²) in [5, 5.41) is 10.7. The van der Waals surface area contributed by atoms with Crippen LogP contribution in [0.5, 0.6) is 0 Å². The summed E-state index contributed by atoms with van der Waals surface area (Å²) in [6.45, 7) is 0. The molecule has 1 aromatic carbocycles. The normalized spacial score (nSPS) is 18.6. The molecule has 0 amide bonds. The maximum absolute atomic E-state index is 12.0. The highest BCUT2D eigenvalue weighted by molar-refractivity contribution is 6.31. The predicted octanol–water partition coefficient (Wildman–Crippen LogP) is 2.76. The monoisotopic (exact) mass is 238 g/mol. The molecule has 2 rings (SSSR count). The summed E-state index contributed by atoms with van der Waals surface area (Å²) in [4.78, 5) is 12.0. The van der Waals surface area contributed by atoms with Gasteiger partial charge in [0.1, 0.15) is 5.60 Å². The lowest BCUT2D eigenvalue weighted by atomic mass is 9.92. The minimum absolute atomic E-state index is 0.0990. The van der Waals surface area contributed by atoms with Gasteiger partial charge in [-0.3, -0.25) is 4.79 Å². The Morgan fingerprint density at radius 1 is 1.31 bits per heavy atom. The Morgan fingerprint density at radius 3 is 2.56 bits per heavy atom. The molecule has 3 heteroatoms. The Balaban J connectivity index is 2.10. The van der Waals surface area contributed by atoms with E-state index < -0.39 is 5.60 Å². The van der Waals surface area contributed by atoms with Crippen LogP contribution < -0.4 is 0 Å². The van der Waals surface area contributed by atoms with E-state index in [4.69, 9.17) is 11.6 Å². The van der Waals surface area contributed by atoms with Crippen LogP contribution in [-0.2, 0) is 11.2 Å². The number of benzene rings is 1. The lowest BCUT2D eigenvalue weighted by molar-refractivity contribution is -0.136. The van der Waals surface area contributed by atoms with Gasteiger partial charge in [0.2, 0.25) is 0 Å². The van der Waals surface area contributed by atoms with E-state index in [1.54, 1.807) is 6.07 Å². The second-order valence-electron chi connectivity index (χ2n) is 4.43. The lowest BCUT2D eigenvalue weighted by Crippen LogP contribution is -2.36. The lowest BCUT2D eigenvalue weighted by Gasteiger charge is -2.20. The van der Waals surface area contributed by atoms with Crippen molar-refractivity contribution in [2.24, 2.45) is 0 Å². The molecule has 1 N–H and O–H groups in total. The van der Waals surface area contributed by atoms with Gasteiger partial charge in [-0.05, 0) is 37.3 Å². The zero-order valence-corrected chi connectivity index (χ0v) is 9.83. The average Bonchev–Trinajstić information content (AvgIpc) is 2.70. The fourth-order valence-corrected chi connectivity index (χ4v) is 2.42. The largest absolute Gasteiger partial charge is 0.382 e. The van der Waals surface area contributed by atoms with E-state index in [0.717, 1.165) is 18.4 Å². The van der Waals surface area contributed by atoms with E-state index in [9.17, 15) is 9.90 Å². The highest BCUT2D eigenvalue weighted by Crippen LogP contribution is 2.31. The molecule has 1 aliphatic rings. The molecule has 0 bridgehead atoms.